The summed E-state index contributed by atoms with van der Waals surface area (Å²) in [4.78, 5) is 7.18. The number of halogens is 1. The number of piperidine rings is 1. The second-order valence-electron chi connectivity index (χ2n) is 8.07. The number of para-hydroxylation sites is 1. The number of pyridine rings is 1. The third-order valence-electron chi connectivity index (χ3n) is 5.78. The number of nitrogens with two attached hydrogens (primary N) is 1. The molecule has 0 amide bonds. The molecule has 2 heterocycles. The van der Waals surface area contributed by atoms with Crippen LogP contribution in [0.25, 0.3) is 10.9 Å². The lowest BCUT2D eigenvalue weighted by Crippen LogP contribution is -2.38. The van der Waals surface area contributed by atoms with Gasteiger partial charge in [-0.3, -0.25) is 4.90 Å². The van der Waals surface area contributed by atoms with Crippen molar-refractivity contribution in [2.75, 3.05) is 37.4 Å². The maximum Gasteiger partial charge on any atom is 0.146 e. The molecule has 1 aliphatic rings. The Bertz CT molecular complexity index is 1040. The topological polar surface area (TPSA) is 72.6 Å². The van der Waals surface area contributed by atoms with E-state index in [1.165, 1.54) is 0 Å². The number of ether oxygens (including phenoxy) is 2. The molecule has 0 bridgehead atoms. The third kappa shape index (κ3) is 5.19. The summed E-state index contributed by atoms with van der Waals surface area (Å²) in [5.41, 5.74) is 8.85. The van der Waals surface area contributed by atoms with Gasteiger partial charge >= 0.3 is 0 Å². The normalized spacial score (nSPS) is 15.1. The molecule has 0 saturated carbocycles. The lowest BCUT2D eigenvalue weighted by molar-refractivity contribution is 0.210. The van der Waals surface area contributed by atoms with Crippen LogP contribution in [-0.2, 0) is 6.54 Å². The Kier molecular flexibility index (Phi) is 7.22. The van der Waals surface area contributed by atoms with Crippen molar-refractivity contribution in [1.29, 1.82) is 0 Å². The van der Waals surface area contributed by atoms with Crippen LogP contribution in [0.1, 0.15) is 32.3 Å². The fourth-order valence-corrected chi connectivity index (χ4v) is 4.47. The average Bonchev–Trinajstić information content (AvgIpc) is 2.78. The number of anilines is 2. The van der Waals surface area contributed by atoms with E-state index in [0.29, 0.717) is 36.4 Å². The SMILES string of the molecule is CCOc1cc(CN2CCC(Nc3cc(Cl)c4ccccc4n3)CC2)cc(OCC)c1N. The molecule has 6 nitrogen and oxygen atoms in total. The summed E-state index contributed by atoms with van der Waals surface area (Å²) in [5, 5.41) is 5.29. The van der Waals surface area contributed by atoms with Crippen molar-refractivity contribution >= 4 is 34.0 Å². The smallest absolute Gasteiger partial charge is 0.146 e. The zero-order valence-electron chi connectivity index (χ0n) is 18.7. The maximum atomic E-state index is 6.46. The highest BCUT2D eigenvalue weighted by atomic mass is 35.5. The minimum atomic E-state index is 0.375. The van der Waals surface area contributed by atoms with Crippen LogP contribution >= 0.6 is 11.6 Å². The number of hydrogen-bond donors (Lipinski definition) is 2. The summed E-state index contributed by atoms with van der Waals surface area (Å²) < 4.78 is 11.5. The monoisotopic (exact) mass is 454 g/mol. The van der Waals surface area contributed by atoms with Crippen LogP contribution in [0.3, 0.4) is 0 Å². The van der Waals surface area contributed by atoms with Crippen LogP contribution < -0.4 is 20.5 Å². The average molecular weight is 455 g/mol. The molecule has 1 aromatic heterocycles. The Balaban J connectivity index is 1.38. The van der Waals surface area contributed by atoms with E-state index in [-0.39, 0.29) is 0 Å². The number of aromatic nitrogens is 1. The zero-order chi connectivity index (χ0) is 22.5. The van der Waals surface area contributed by atoms with Gasteiger partial charge in [0.1, 0.15) is 23.0 Å². The first kappa shape index (κ1) is 22.5. The largest absolute Gasteiger partial charge is 0.492 e. The molecule has 170 valence electrons. The van der Waals surface area contributed by atoms with Gasteiger partial charge in [-0.25, -0.2) is 4.98 Å². The van der Waals surface area contributed by atoms with E-state index in [1.54, 1.807) is 0 Å². The van der Waals surface area contributed by atoms with Crippen LogP contribution in [0.15, 0.2) is 42.5 Å². The lowest BCUT2D eigenvalue weighted by Gasteiger charge is -2.33. The minimum Gasteiger partial charge on any atom is -0.492 e. The molecule has 3 N–H and O–H groups in total. The van der Waals surface area contributed by atoms with Crippen molar-refractivity contribution < 1.29 is 9.47 Å². The van der Waals surface area contributed by atoms with Crippen LogP contribution in [0, 0.1) is 0 Å². The van der Waals surface area contributed by atoms with Crippen LogP contribution in [-0.4, -0.2) is 42.2 Å². The van der Waals surface area contributed by atoms with Crippen molar-refractivity contribution in [3.63, 3.8) is 0 Å². The Morgan fingerprint density at radius 3 is 2.38 bits per heavy atom. The highest BCUT2D eigenvalue weighted by Crippen LogP contribution is 2.34. The number of fused-ring (bicyclic) bond motifs is 1. The Morgan fingerprint density at radius 1 is 1.06 bits per heavy atom. The van der Waals surface area contributed by atoms with Crippen molar-refractivity contribution in [1.82, 2.24) is 9.88 Å². The molecule has 1 fully saturated rings. The van der Waals surface area contributed by atoms with Crippen molar-refractivity contribution in [3.8, 4) is 11.5 Å². The van der Waals surface area contributed by atoms with Gasteiger partial charge in [0, 0.05) is 31.1 Å². The van der Waals surface area contributed by atoms with Gasteiger partial charge in [-0.05, 0) is 56.5 Å². The first-order chi connectivity index (χ1) is 15.6. The van der Waals surface area contributed by atoms with Gasteiger partial charge in [0.25, 0.3) is 0 Å². The van der Waals surface area contributed by atoms with Crippen molar-refractivity contribution in [2.45, 2.75) is 39.3 Å². The maximum absolute atomic E-state index is 6.46. The van der Waals surface area contributed by atoms with Crippen molar-refractivity contribution in [2.24, 2.45) is 0 Å². The van der Waals surface area contributed by atoms with E-state index in [9.17, 15) is 0 Å². The predicted molar refractivity (Wildman–Crippen MR) is 132 cm³/mol. The number of nitrogens with one attached hydrogen (secondary N) is 1. The molecule has 32 heavy (non-hydrogen) atoms. The molecule has 0 spiro atoms. The fraction of sp³-hybridized carbons (Fsp3) is 0.400. The van der Waals surface area contributed by atoms with Gasteiger partial charge in [-0.2, -0.15) is 0 Å². The van der Waals surface area contributed by atoms with E-state index in [4.69, 9.17) is 31.8 Å². The molecule has 4 rings (SSSR count). The molecule has 3 aromatic rings. The van der Waals surface area contributed by atoms with Gasteiger partial charge in [-0.15, -0.1) is 0 Å². The van der Waals surface area contributed by atoms with Crippen LogP contribution in [0.5, 0.6) is 11.5 Å². The van der Waals surface area contributed by atoms with Crippen molar-refractivity contribution in [3.05, 3.63) is 53.1 Å². The fourth-order valence-electron chi connectivity index (χ4n) is 4.21. The number of likely N-dealkylation sites (tertiary alicyclic amines) is 1. The summed E-state index contributed by atoms with van der Waals surface area (Å²) >= 11 is 6.46. The second kappa shape index (κ2) is 10.3. The number of nitrogens with zero attached hydrogens (tertiary/aromatic N) is 2. The summed E-state index contributed by atoms with van der Waals surface area (Å²) in [6.07, 6.45) is 2.08. The Labute approximate surface area is 194 Å². The van der Waals surface area contributed by atoms with Gasteiger partial charge in [0.2, 0.25) is 0 Å². The number of nitrogen functional groups attached to an aromatic ring is 1. The molecular weight excluding hydrogens is 424 g/mol. The third-order valence-corrected chi connectivity index (χ3v) is 6.09. The molecule has 2 aromatic carbocycles. The highest BCUT2D eigenvalue weighted by Gasteiger charge is 2.21. The van der Waals surface area contributed by atoms with Gasteiger partial charge in [0.15, 0.2) is 0 Å². The predicted octanol–water partition coefficient (Wildman–Crippen LogP) is 5.34. The van der Waals surface area contributed by atoms with Crippen LogP contribution in [0.2, 0.25) is 5.02 Å². The number of rotatable bonds is 8. The summed E-state index contributed by atoms with van der Waals surface area (Å²) in [5.74, 6) is 2.24. The quantitative estimate of drug-likeness (QED) is 0.447. The van der Waals surface area contributed by atoms with E-state index >= 15 is 0 Å². The summed E-state index contributed by atoms with van der Waals surface area (Å²) in [7, 11) is 0. The molecule has 0 unspecified atom stereocenters. The van der Waals surface area contributed by atoms with Gasteiger partial charge in [0.05, 0.1) is 23.8 Å². The summed E-state index contributed by atoms with van der Waals surface area (Å²) in [6, 6.07) is 14.3. The molecule has 1 aliphatic heterocycles. The van der Waals surface area contributed by atoms with E-state index in [2.05, 4.69) is 10.2 Å². The number of benzene rings is 2. The molecule has 7 heteroatoms. The van der Waals surface area contributed by atoms with E-state index in [1.807, 2.05) is 56.3 Å². The first-order valence-electron chi connectivity index (χ1n) is 11.3. The van der Waals surface area contributed by atoms with Gasteiger partial charge < -0.3 is 20.5 Å². The first-order valence-corrected chi connectivity index (χ1v) is 11.7. The Morgan fingerprint density at radius 2 is 1.72 bits per heavy atom. The van der Waals surface area contributed by atoms with E-state index < -0.39 is 0 Å². The zero-order valence-corrected chi connectivity index (χ0v) is 19.5. The Hall–Kier alpha value is -2.70. The minimum absolute atomic E-state index is 0.375. The second-order valence-corrected chi connectivity index (χ2v) is 8.48. The number of hydrogen-bond acceptors (Lipinski definition) is 6. The highest BCUT2D eigenvalue weighted by molar-refractivity contribution is 6.35. The molecule has 0 atom stereocenters. The molecular formula is C25H31ClN4O2. The van der Waals surface area contributed by atoms with Crippen LogP contribution in [0.4, 0.5) is 11.5 Å². The van der Waals surface area contributed by atoms with E-state index in [0.717, 1.165) is 59.8 Å². The standard InChI is InChI=1S/C25H31ClN4O2/c1-3-31-22-13-17(14-23(25(22)27)32-4-2)16-30-11-9-18(10-12-30)28-24-15-20(26)19-7-5-6-8-21(19)29-24/h5-8,13-15,18H,3-4,9-12,16,27H2,1-2H3,(H,28,29). The molecule has 0 aliphatic carbocycles. The molecule has 0 radical (unpaired) electrons. The van der Waals surface area contributed by atoms with Gasteiger partial charge in [-0.1, -0.05) is 29.8 Å². The lowest BCUT2D eigenvalue weighted by atomic mass is 10.0. The molecule has 1 saturated heterocycles. The summed E-state index contributed by atoms with van der Waals surface area (Å²) in [6.45, 7) is 7.90.